The molecular weight excluding hydrogens is 266 g/mol. The zero-order chi connectivity index (χ0) is 14.4. The van der Waals surface area contributed by atoms with E-state index in [2.05, 4.69) is 0 Å². The van der Waals surface area contributed by atoms with E-state index in [1.54, 1.807) is 31.2 Å². The summed E-state index contributed by atoms with van der Waals surface area (Å²) in [5, 5.41) is 0. The summed E-state index contributed by atoms with van der Waals surface area (Å²) in [6, 6.07) is 6.63. The molecule has 0 aliphatic carbocycles. The van der Waals surface area contributed by atoms with Crippen LogP contribution >= 0.6 is 0 Å². The molecule has 0 radical (unpaired) electrons. The molecule has 1 aromatic rings. The Morgan fingerprint density at radius 1 is 1.42 bits per heavy atom. The third-order valence-electron chi connectivity index (χ3n) is 2.42. The minimum absolute atomic E-state index is 0.241. The first-order chi connectivity index (χ1) is 8.97. The second-order valence-corrected chi connectivity index (χ2v) is 5.34. The van der Waals surface area contributed by atoms with Crippen LogP contribution in [0.25, 0.3) is 0 Å². The van der Waals surface area contributed by atoms with Gasteiger partial charge in [-0.2, -0.15) is 0 Å². The molecule has 0 aliphatic rings. The van der Waals surface area contributed by atoms with E-state index in [0.717, 1.165) is 0 Å². The number of carbonyl (C=O) groups excluding carboxylic acids is 1. The number of rotatable bonds is 6. The lowest BCUT2D eigenvalue weighted by Crippen LogP contribution is -2.27. The van der Waals surface area contributed by atoms with Crippen molar-refractivity contribution in [3.05, 3.63) is 29.8 Å². The number of carbonyl (C=O) groups is 1. The monoisotopic (exact) mass is 285 g/mol. The topological polar surface area (TPSA) is 66.8 Å². The molecule has 0 amide bonds. The van der Waals surface area contributed by atoms with Crippen molar-refractivity contribution in [1.82, 2.24) is 0 Å². The highest BCUT2D eigenvalue weighted by Crippen LogP contribution is 2.22. The summed E-state index contributed by atoms with van der Waals surface area (Å²) in [5.41, 5.74) is 0.701. The van der Waals surface area contributed by atoms with Gasteiger partial charge < -0.3 is 4.74 Å². The lowest BCUT2D eigenvalue weighted by atomic mass is 10.1. The average molecular weight is 285 g/mol. The van der Waals surface area contributed by atoms with E-state index in [9.17, 15) is 13.6 Å². The molecule has 0 aliphatic heterocycles. The quantitative estimate of drug-likeness (QED) is 0.644. The summed E-state index contributed by atoms with van der Waals surface area (Å²) >= 11 is -2.17. The van der Waals surface area contributed by atoms with Gasteiger partial charge in [-0.05, 0) is 25.0 Å². The Kier molecular flexibility index (Phi) is 5.98. The van der Waals surface area contributed by atoms with Crippen LogP contribution in [-0.2, 0) is 16.0 Å². The summed E-state index contributed by atoms with van der Waals surface area (Å²) in [6.45, 7) is 6.27. The molecule has 0 bridgehead atoms. The average Bonchev–Trinajstić information content (AvgIpc) is 2.37. The molecule has 6 heteroatoms. The molecular formula is C13H19NO4S. The van der Waals surface area contributed by atoms with Gasteiger partial charge in [-0.1, -0.05) is 26.0 Å². The number of esters is 1. The molecule has 1 aromatic carbocycles. The van der Waals surface area contributed by atoms with E-state index in [1.165, 1.54) is 4.31 Å². The summed E-state index contributed by atoms with van der Waals surface area (Å²) < 4.78 is 26.9. The van der Waals surface area contributed by atoms with Crippen LogP contribution in [0.3, 0.4) is 0 Å². The lowest BCUT2D eigenvalue weighted by molar-refractivity contribution is 0.0460. The van der Waals surface area contributed by atoms with Crippen LogP contribution in [0.5, 0.6) is 0 Å². The van der Waals surface area contributed by atoms with E-state index in [4.69, 9.17) is 4.74 Å². The van der Waals surface area contributed by atoms with Gasteiger partial charge in [-0.15, -0.1) is 0 Å². The normalized spacial score (nSPS) is 12.3. The highest BCUT2D eigenvalue weighted by molar-refractivity contribution is 7.80. The second kappa shape index (κ2) is 7.25. The molecule has 0 heterocycles. The van der Waals surface area contributed by atoms with E-state index < -0.39 is 17.2 Å². The largest absolute Gasteiger partial charge is 0.462 e. The molecule has 19 heavy (non-hydrogen) atoms. The highest BCUT2D eigenvalue weighted by Gasteiger charge is 2.19. The third-order valence-corrected chi connectivity index (χ3v) is 3.25. The summed E-state index contributed by atoms with van der Waals surface area (Å²) in [7, 11) is 0. The summed E-state index contributed by atoms with van der Waals surface area (Å²) in [6.07, 6.45) is 0. The van der Waals surface area contributed by atoms with Gasteiger partial charge in [-0.25, -0.2) is 9.00 Å². The molecule has 106 valence electrons. The van der Waals surface area contributed by atoms with Crippen molar-refractivity contribution < 1.29 is 18.3 Å². The Morgan fingerprint density at radius 2 is 2.05 bits per heavy atom. The summed E-state index contributed by atoms with van der Waals surface area (Å²) in [4.78, 5) is 12.0. The van der Waals surface area contributed by atoms with Gasteiger partial charge >= 0.3 is 5.97 Å². The zero-order valence-electron chi connectivity index (χ0n) is 11.3. The van der Waals surface area contributed by atoms with Crippen molar-refractivity contribution in [2.24, 2.45) is 5.92 Å². The fraction of sp³-hybridized carbons (Fsp3) is 0.462. The minimum Gasteiger partial charge on any atom is -0.462 e. The predicted octanol–water partition coefficient (Wildman–Crippen LogP) is 2.46. The fourth-order valence-electron chi connectivity index (χ4n) is 1.55. The van der Waals surface area contributed by atoms with Gasteiger partial charge in [0, 0.05) is 6.54 Å². The number of ether oxygens (including phenoxy) is 1. The van der Waals surface area contributed by atoms with Crippen LogP contribution in [0, 0.1) is 5.92 Å². The van der Waals surface area contributed by atoms with Gasteiger partial charge in [0.2, 0.25) is 0 Å². The van der Waals surface area contributed by atoms with E-state index in [0.29, 0.717) is 24.4 Å². The lowest BCUT2D eigenvalue weighted by Gasteiger charge is -2.20. The SMILES string of the molecule is CCN(c1ccccc1C(=O)OCC(C)C)S(=O)O. The Bertz CT molecular complexity index is 462. The maximum atomic E-state index is 12.0. The first-order valence-corrected chi connectivity index (χ1v) is 7.18. The van der Waals surface area contributed by atoms with E-state index in [1.807, 2.05) is 13.8 Å². The van der Waals surface area contributed by atoms with Crippen molar-refractivity contribution >= 4 is 22.9 Å². The number of nitrogens with zero attached hydrogens (tertiary/aromatic N) is 1. The molecule has 0 saturated carbocycles. The number of anilines is 1. The van der Waals surface area contributed by atoms with Crippen molar-refractivity contribution in [2.75, 3.05) is 17.5 Å². The number of hydrogen-bond acceptors (Lipinski definition) is 3. The van der Waals surface area contributed by atoms with Gasteiger partial charge in [0.05, 0.1) is 17.9 Å². The molecule has 1 N–H and O–H groups in total. The van der Waals surface area contributed by atoms with Crippen molar-refractivity contribution in [3.8, 4) is 0 Å². The number of para-hydroxylation sites is 1. The number of hydrogen-bond donors (Lipinski definition) is 1. The second-order valence-electron chi connectivity index (χ2n) is 4.43. The minimum atomic E-state index is -2.17. The molecule has 1 unspecified atom stereocenters. The van der Waals surface area contributed by atoms with Crippen LogP contribution in [0.2, 0.25) is 0 Å². The standard InChI is InChI=1S/C13H19NO4S/c1-4-14(19(16)17)12-8-6-5-7-11(12)13(15)18-9-10(2)3/h5-8,10H,4,9H2,1-3H3,(H,16,17). The van der Waals surface area contributed by atoms with Crippen LogP contribution < -0.4 is 4.31 Å². The Hall–Kier alpha value is -1.40. The van der Waals surface area contributed by atoms with Crippen molar-refractivity contribution in [3.63, 3.8) is 0 Å². The maximum absolute atomic E-state index is 12.0. The Morgan fingerprint density at radius 3 is 2.58 bits per heavy atom. The van der Waals surface area contributed by atoms with Gasteiger partial charge in [0.15, 0.2) is 0 Å². The highest BCUT2D eigenvalue weighted by atomic mass is 32.2. The van der Waals surface area contributed by atoms with Crippen LogP contribution in [0.1, 0.15) is 31.1 Å². The smallest absolute Gasteiger partial charge is 0.340 e. The Labute approximate surface area is 116 Å². The van der Waals surface area contributed by atoms with E-state index >= 15 is 0 Å². The molecule has 0 aromatic heterocycles. The Balaban J connectivity index is 3.01. The van der Waals surface area contributed by atoms with Crippen LogP contribution in [-0.4, -0.2) is 27.9 Å². The van der Waals surface area contributed by atoms with E-state index in [-0.39, 0.29) is 5.92 Å². The molecule has 0 fully saturated rings. The maximum Gasteiger partial charge on any atom is 0.340 e. The van der Waals surface area contributed by atoms with Crippen molar-refractivity contribution in [1.29, 1.82) is 0 Å². The van der Waals surface area contributed by atoms with Crippen molar-refractivity contribution in [2.45, 2.75) is 20.8 Å². The third kappa shape index (κ3) is 4.33. The van der Waals surface area contributed by atoms with Gasteiger partial charge in [-0.3, -0.25) is 8.86 Å². The molecule has 1 rings (SSSR count). The first kappa shape index (κ1) is 15.7. The number of benzene rings is 1. The molecule has 5 nitrogen and oxygen atoms in total. The van der Waals surface area contributed by atoms with Crippen LogP contribution in [0.15, 0.2) is 24.3 Å². The fourth-order valence-corrected chi connectivity index (χ4v) is 2.10. The van der Waals surface area contributed by atoms with Gasteiger partial charge in [0.1, 0.15) is 0 Å². The zero-order valence-corrected chi connectivity index (χ0v) is 12.1. The molecule has 1 atom stereocenters. The molecule has 0 saturated heterocycles. The molecule has 0 spiro atoms. The first-order valence-electron chi connectivity index (χ1n) is 6.12. The van der Waals surface area contributed by atoms with Gasteiger partial charge in [0.25, 0.3) is 11.3 Å². The van der Waals surface area contributed by atoms with Crippen LogP contribution in [0.4, 0.5) is 5.69 Å². The summed E-state index contributed by atoms with van der Waals surface area (Å²) in [5.74, 6) is -0.237. The predicted molar refractivity (Wildman–Crippen MR) is 75.4 cm³/mol.